The number of para-hydroxylation sites is 2. The molecule has 1 unspecified atom stereocenters. The molecule has 200 valence electrons. The monoisotopic (exact) mass is 567 g/mol. The zero-order chi connectivity index (χ0) is 27.1. The highest BCUT2D eigenvalue weighted by atomic mass is 35.5. The lowest BCUT2D eigenvalue weighted by atomic mass is 10.0. The smallest absolute Gasteiger partial charge is 0.416 e. The highest BCUT2D eigenvalue weighted by molar-refractivity contribution is 7.86. The van der Waals surface area contributed by atoms with Crippen molar-refractivity contribution in [3.8, 4) is 11.5 Å². The first-order valence-corrected chi connectivity index (χ1v) is 13.6. The summed E-state index contributed by atoms with van der Waals surface area (Å²) in [7, 11) is -4.91. The molecular weight excluding hydrogens is 546 g/mol. The number of amidine groups is 1. The minimum atomic E-state index is -4.91. The van der Waals surface area contributed by atoms with E-state index < -0.39 is 33.8 Å². The molecule has 2 aliphatic rings. The highest BCUT2D eigenvalue weighted by Gasteiger charge is 2.34. The number of halogens is 5. The van der Waals surface area contributed by atoms with Gasteiger partial charge in [0.2, 0.25) is 0 Å². The molecule has 0 saturated carbocycles. The number of ether oxygens (including phenoxy) is 1. The van der Waals surface area contributed by atoms with Gasteiger partial charge < -0.3 is 9.64 Å². The van der Waals surface area contributed by atoms with Crippen LogP contribution in [-0.4, -0.2) is 56.0 Å². The maximum Gasteiger partial charge on any atom is 0.416 e. The molecule has 3 aromatic carbocycles. The zero-order valence-corrected chi connectivity index (χ0v) is 21.4. The number of rotatable bonds is 4. The van der Waals surface area contributed by atoms with Crippen LogP contribution in [0.25, 0.3) is 0 Å². The SMILES string of the molecule is O=S(=O)(F)CC(c1ccc(C(F)(F)F)cc1)N1CCN(C2=Nc3ccccc3Oc3ccc(Cl)cc32)CC1. The standard InChI is InChI=1S/C26H22ClF4N3O3S/c27-19-9-10-23-20(15-19)25(32-21-3-1-2-4-24(21)37-23)34-13-11-33(12-14-34)22(16-38(31,35)36)17-5-7-18(8-6-17)26(28,29)30/h1-10,15,22H,11-14,16H2. The normalized spacial score (nSPS) is 17.1. The van der Waals surface area contributed by atoms with Gasteiger partial charge in [0, 0.05) is 31.2 Å². The van der Waals surface area contributed by atoms with E-state index in [1.807, 2.05) is 29.2 Å². The largest absolute Gasteiger partial charge is 0.454 e. The fourth-order valence-electron chi connectivity index (χ4n) is 4.68. The van der Waals surface area contributed by atoms with Gasteiger partial charge in [-0.05, 0) is 48.0 Å². The molecule has 12 heteroatoms. The summed E-state index contributed by atoms with van der Waals surface area (Å²) in [6.45, 7) is 1.43. The van der Waals surface area contributed by atoms with Crippen molar-refractivity contribution in [2.24, 2.45) is 4.99 Å². The molecule has 0 N–H and O–H groups in total. The van der Waals surface area contributed by atoms with Crippen LogP contribution in [-0.2, 0) is 16.4 Å². The number of nitrogens with zero attached hydrogens (tertiary/aromatic N) is 3. The summed E-state index contributed by atoms with van der Waals surface area (Å²) in [4.78, 5) is 8.61. The molecule has 6 nitrogen and oxygen atoms in total. The third-order valence-electron chi connectivity index (χ3n) is 6.53. The van der Waals surface area contributed by atoms with Crippen LogP contribution in [0.1, 0.15) is 22.7 Å². The van der Waals surface area contributed by atoms with Crippen molar-refractivity contribution >= 4 is 33.3 Å². The fraction of sp³-hybridized carbons (Fsp3) is 0.269. The molecule has 0 bridgehead atoms. The topological polar surface area (TPSA) is 62.2 Å². The van der Waals surface area contributed by atoms with Crippen LogP contribution in [0.3, 0.4) is 0 Å². The Morgan fingerprint density at radius 2 is 1.63 bits per heavy atom. The molecule has 38 heavy (non-hydrogen) atoms. The molecule has 3 aromatic rings. The third kappa shape index (κ3) is 5.79. The van der Waals surface area contributed by atoms with Gasteiger partial charge in [0.15, 0.2) is 5.75 Å². The number of fused-ring (bicyclic) bond motifs is 2. The van der Waals surface area contributed by atoms with E-state index in [-0.39, 0.29) is 0 Å². The predicted octanol–water partition coefficient (Wildman–Crippen LogP) is 6.20. The lowest BCUT2D eigenvalue weighted by Crippen LogP contribution is -2.50. The van der Waals surface area contributed by atoms with E-state index in [0.717, 1.165) is 12.1 Å². The van der Waals surface area contributed by atoms with Crippen molar-refractivity contribution in [3.05, 3.63) is 88.4 Å². The summed E-state index contributed by atoms with van der Waals surface area (Å²) >= 11 is 6.28. The van der Waals surface area contributed by atoms with Crippen LogP contribution < -0.4 is 4.74 Å². The third-order valence-corrected chi connectivity index (χ3v) is 7.48. The van der Waals surface area contributed by atoms with Crippen molar-refractivity contribution < 1.29 is 30.2 Å². The molecule has 5 rings (SSSR count). The Morgan fingerprint density at radius 1 is 0.947 bits per heavy atom. The second kappa shape index (κ2) is 10.2. The summed E-state index contributed by atoms with van der Waals surface area (Å²) in [6, 6.07) is 15.8. The summed E-state index contributed by atoms with van der Waals surface area (Å²) in [6.07, 6.45) is -4.53. The lowest BCUT2D eigenvalue weighted by Gasteiger charge is -2.40. The average molecular weight is 568 g/mol. The number of hydrogen-bond donors (Lipinski definition) is 0. The Labute approximate surface area is 222 Å². The van der Waals surface area contributed by atoms with Crippen LogP contribution in [0.5, 0.6) is 11.5 Å². The van der Waals surface area contributed by atoms with E-state index in [2.05, 4.69) is 0 Å². The molecule has 0 spiro atoms. The van der Waals surface area contributed by atoms with Crippen molar-refractivity contribution in [2.45, 2.75) is 12.2 Å². The van der Waals surface area contributed by atoms with Crippen LogP contribution in [0.4, 0.5) is 22.7 Å². The minimum absolute atomic E-state index is 0.291. The van der Waals surface area contributed by atoms with E-state index >= 15 is 0 Å². The predicted molar refractivity (Wildman–Crippen MR) is 136 cm³/mol. The van der Waals surface area contributed by atoms with E-state index in [1.54, 1.807) is 23.1 Å². The Morgan fingerprint density at radius 3 is 2.29 bits per heavy atom. The van der Waals surface area contributed by atoms with Crippen LogP contribution in [0.2, 0.25) is 5.02 Å². The molecule has 0 radical (unpaired) electrons. The summed E-state index contributed by atoms with van der Waals surface area (Å²) in [5.41, 5.74) is 0.745. The van der Waals surface area contributed by atoms with E-state index in [4.69, 9.17) is 21.3 Å². The number of aliphatic imine (C=N–C) groups is 1. The molecule has 0 amide bonds. The van der Waals surface area contributed by atoms with Gasteiger partial charge in [0.1, 0.15) is 17.3 Å². The number of alkyl halides is 3. The number of hydrogen-bond acceptors (Lipinski definition) is 6. The maximum atomic E-state index is 13.8. The van der Waals surface area contributed by atoms with Crippen molar-refractivity contribution in [3.63, 3.8) is 0 Å². The van der Waals surface area contributed by atoms with Gasteiger partial charge in [-0.3, -0.25) is 4.90 Å². The first-order chi connectivity index (χ1) is 18.0. The van der Waals surface area contributed by atoms with Crippen LogP contribution in [0, 0.1) is 0 Å². The molecule has 1 fully saturated rings. The maximum absolute atomic E-state index is 13.8. The van der Waals surface area contributed by atoms with E-state index in [1.165, 1.54) is 12.1 Å². The summed E-state index contributed by atoms with van der Waals surface area (Å²) in [5.74, 6) is 0.919. The van der Waals surface area contributed by atoms with Gasteiger partial charge in [-0.15, -0.1) is 3.89 Å². The molecule has 0 aliphatic carbocycles. The van der Waals surface area contributed by atoms with Crippen molar-refractivity contribution in [2.75, 3.05) is 31.9 Å². The Balaban J connectivity index is 1.42. The Kier molecular flexibility index (Phi) is 7.10. The highest BCUT2D eigenvalue weighted by Crippen LogP contribution is 2.39. The van der Waals surface area contributed by atoms with Crippen LogP contribution in [0.15, 0.2) is 71.7 Å². The molecule has 2 aliphatic heterocycles. The number of benzene rings is 3. The first kappa shape index (κ1) is 26.5. The van der Waals surface area contributed by atoms with Crippen LogP contribution >= 0.6 is 11.6 Å². The lowest BCUT2D eigenvalue weighted by molar-refractivity contribution is -0.137. The second-order valence-corrected chi connectivity index (χ2v) is 10.9. The molecule has 2 heterocycles. The number of piperazine rings is 1. The summed E-state index contributed by atoms with van der Waals surface area (Å²) < 4.78 is 82.1. The van der Waals surface area contributed by atoms with Crippen molar-refractivity contribution in [1.29, 1.82) is 0 Å². The molecule has 0 aromatic heterocycles. The first-order valence-electron chi connectivity index (χ1n) is 11.7. The van der Waals surface area contributed by atoms with Crippen molar-refractivity contribution in [1.82, 2.24) is 9.80 Å². The summed E-state index contributed by atoms with van der Waals surface area (Å²) in [5, 5.41) is 0.500. The average Bonchev–Trinajstić information content (AvgIpc) is 3.03. The Bertz CT molecular complexity index is 1470. The van der Waals surface area contributed by atoms with E-state index in [9.17, 15) is 25.5 Å². The van der Waals surface area contributed by atoms with Gasteiger partial charge in [-0.1, -0.05) is 35.9 Å². The minimum Gasteiger partial charge on any atom is -0.454 e. The van der Waals surface area contributed by atoms with E-state index in [0.29, 0.717) is 65.4 Å². The zero-order valence-electron chi connectivity index (χ0n) is 19.8. The van der Waals surface area contributed by atoms with Gasteiger partial charge in [-0.25, -0.2) is 4.99 Å². The molecule has 1 atom stereocenters. The second-order valence-electron chi connectivity index (χ2n) is 9.01. The fourth-order valence-corrected chi connectivity index (χ4v) is 5.63. The van der Waals surface area contributed by atoms with Gasteiger partial charge in [0.05, 0.1) is 22.9 Å². The van der Waals surface area contributed by atoms with Gasteiger partial charge >= 0.3 is 16.4 Å². The Hall–Kier alpha value is -3.15. The molecule has 1 saturated heterocycles. The van der Waals surface area contributed by atoms with Gasteiger partial charge in [0.25, 0.3) is 0 Å². The van der Waals surface area contributed by atoms with Gasteiger partial charge in [-0.2, -0.15) is 21.6 Å². The quantitative estimate of drug-likeness (QED) is 0.277. The molecular formula is C26H22ClF4N3O3S.